The van der Waals surface area contributed by atoms with Gasteiger partial charge in [-0.05, 0) is 26.7 Å². The summed E-state index contributed by atoms with van der Waals surface area (Å²) in [4.78, 5) is 24.9. The predicted octanol–water partition coefficient (Wildman–Crippen LogP) is -0.277. The lowest BCUT2D eigenvalue weighted by molar-refractivity contribution is -0.130. The average molecular weight is 227 g/mol. The lowest BCUT2D eigenvalue weighted by Crippen LogP contribution is -2.51. The summed E-state index contributed by atoms with van der Waals surface area (Å²) >= 11 is 0. The van der Waals surface area contributed by atoms with E-state index < -0.39 is 0 Å². The molecule has 5 nitrogen and oxygen atoms in total. The minimum Gasteiger partial charge on any atom is -0.355 e. The molecule has 1 saturated heterocycles. The van der Waals surface area contributed by atoms with Crippen LogP contribution in [0.1, 0.15) is 26.7 Å². The Morgan fingerprint density at radius 3 is 2.75 bits per heavy atom. The van der Waals surface area contributed by atoms with E-state index in [2.05, 4.69) is 10.6 Å². The van der Waals surface area contributed by atoms with Crippen molar-refractivity contribution in [3.05, 3.63) is 0 Å². The number of carbonyl (C=O) groups excluding carboxylic acids is 2. The SMILES string of the molecule is CCN(CC)C(=O)CNC1CCCNC1=O. The molecule has 0 radical (unpaired) electrons. The Kier molecular flexibility index (Phi) is 5.25. The highest BCUT2D eigenvalue weighted by molar-refractivity contribution is 5.84. The zero-order valence-corrected chi connectivity index (χ0v) is 10.1. The maximum Gasteiger partial charge on any atom is 0.237 e. The molecule has 0 bridgehead atoms. The summed E-state index contributed by atoms with van der Waals surface area (Å²) in [6.07, 6.45) is 1.79. The summed E-state index contributed by atoms with van der Waals surface area (Å²) in [6, 6.07) is -0.201. The molecule has 2 amide bonds. The maximum atomic E-state index is 11.7. The van der Waals surface area contributed by atoms with E-state index in [0.717, 1.165) is 19.4 Å². The monoisotopic (exact) mass is 227 g/mol. The van der Waals surface area contributed by atoms with Gasteiger partial charge >= 0.3 is 0 Å². The molecule has 0 spiro atoms. The smallest absolute Gasteiger partial charge is 0.237 e. The molecule has 2 N–H and O–H groups in total. The molecule has 0 aliphatic carbocycles. The van der Waals surface area contributed by atoms with Crippen LogP contribution in [0.4, 0.5) is 0 Å². The van der Waals surface area contributed by atoms with Crippen molar-refractivity contribution in [3.8, 4) is 0 Å². The average Bonchev–Trinajstić information content (AvgIpc) is 2.29. The van der Waals surface area contributed by atoms with Crippen LogP contribution in [0.5, 0.6) is 0 Å². The number of piperidine rings is 1. The number of amides is 2. The van der Waals surface area contributed by atoms with E-state index >= 15 is 0 Å². The summed E-state index contributed by atoms with van der Waals surface area (Å²) in [7, 11) is 0. The maximum absolute atomic E-state index is 11.7. The molecule has 1 aliphatic rings. The molecule has 1 rings (SSSR count). The molecule has 0 aromatic heterocycles. The largest absolute Gasteiger partial charge is 0.355 e. The van der Waals surface area contributed by atoms with Crippen molar-refractivity contribution >= 4 is 11.8 Å². The fraction of sp³-hybridized carbons (Fsp3) is 0.818. The zero-order valence-electron chi connectivity index (χ0n) is 10.1. The van der Waals surface area contributed by atoms with Gasteiger partial charge in [0, 0.05) is 19.6 Å². The van der Waals surface area contributed by atoms with Crippen LogP contribution >= 0.6 is 0 Å². The number of hydrogen-bond acceptors (Lipinski definition) is 3. The first-order valence-corrected chi connectivity index (χ1v) is 5.97. The molecule has 1 heterocycles. The van der Waals surface area contributed by atoms with E-state index in [-0.39, 0.29) is 24.4 Å². The van der Waals surface area contributed by atoms with Gasteiger partial charge in [0.05, 0.1) is 12.6 Å². The third-order valence-corrected chi connectivity index (χ3v) is 2.90. The van der Waals surface area contributed by atoms with Gasteiger partial charge < -0.3 is 10.2 Å². The van der Waals surface area contributed by atoms with Crippen LogP contribution in [0, 0.1) is 0 Å². The molecule has 0 saturated carbocycles. The van der Waals surface area contributed by atoms with Crippen molar-refractivity contribution in [2.24, 2.45) is 0 Å². The van der Waals surface area contributed by atoms with Gasteiger partial charge in [-0.1, -0.05) is 0 Å². The lowest BCUT2D eigenvalue weighted by Gasteiger charge is -2.24. The highest BCUT2D eigenvalue weighted by Gasteiger charge is 2.22. The van der Waals surface area contributed by atoms with Crippen molar-refractivity contribution < 1.29 is 9.59 Å². The first kappa shape index (κ1) is 13.0. The van der Waals surface area contributed by atoms with Gasteiger partial charge in [0.15, 0.2) is 0 Å². The second-order valence-corrected chi connectivity index (χ2v) is 3.93. The van der Waals surface area contributed by atoms with Gasteiger partial charge in [-0.25, -0.2) is 0 Å². The highest BCUT2D eigenvalue weighted by Crippen LogP contribution is 2.02. The van der Waals surface area contributed by atoms with Gasteiger partial charge in [0.25, 0.3) is 0 Å². The summed E-state index contributed by atoms with van der Waals surface area (Å²) in [6.45, 7) is 6.34. The molecular weight excluding hydrogens is 206 g/mol. The summed E-state index contributed by atoms with van der Waals surface area (Å²) in [5.74, 6) is 0.0713. The van der Waals surface area contributed by atoms with E-state index in [4.69, 9.17) is 0 Å². The van der Waals surface area contributed by atoms with Crippen LogP contribution in [0.3, 0.4) is 0 Å². The van der Waals surface area contributed by atoms with Gasteiger partial charge in [0.2, 0.25) is 11.8 Å². The predicted molar refractivity (Wildman–Crippen MR) is 62.0 cm³/mol. The molecule has 16 heavy (non-hydrogen) atoms. The first-order valence-electron chi connectivity index (χ1n) is 5.97. The first-order chi connectivity index (χ1) is 7.69. The third kappa shape index (κ3) is 3.48. The Bertz CT molecular complexity index is 252. The molecule has 92 valence electrons. The number of likely N-dealkylation sites (N-methyl/N-ethyl adjacent to an activating group) is 1. The van der Waals surface area contributed by atoms with Gasteiger partial charge in [0.1, 0.15) is 0 Å². The molecule has 1 fully saturated rings. The van der Waals surface area contributed by atoms with Crippen LogP contribution < -0.4 is 10.6 Å². The molecule has 1 unspecified atom stereocenters. The van der Waals surface area contributed by atoms with E-state index in [0.29, 0.717) is 13.1 Å². The number of rotatable bonds is 5. The van der Waals surface area contributed by atoms with Crippen LogP contribution in [0.2, 0.25) is 0 Å². The lowest BCUT2D eigenvalue weighted by atomic mass is 10.1. The van der Waals surface area contributed by atoms with E-state index in [9.17, 15) is 9.59 Å². The van der Waals surface area contributed by atoms with Crippen molar-refractivity contribution in [3.63, 3.8) is 0 Å². The van der Waals surface area contributed by atoms with Gasteiger partial charge in [-0.15, -0.1) is 0 Å². The number of nitrogens with one attached hydrogen (secondary N) is 2. The Morgan fingerprint density at radius 2 is 2.19 bits per heavy atom. The van der Waals surface area contributed by atoms with E-state index in [1.165, 1.54) is 0 Å². The molecular formula is C11H21N3O2. The third-order valence-electron chi connectivity index (χ3n) is 2.90. The number of hydrogen-bond donors (Lipinski definition) is 2. The van der Waals surface area contributed by atoms with Crippen LogP contribution in [-0.4, -0.2) is 48.9 Å². The molecule has 0 aromatic rings. The molecule has 1 aliphatic heterocycles. The minimum absolute atomic E-state index is 0.0126. The standard InChI is InChI=1S/C11H21N3O2/c1-3-14(4-2)10(15)8-13-9-6-5-7-12-11(9)16/h9,13H,3-8H2,1-2H3,(H,12,16). The number of carbonyl (C=O) groups is 2. The van der Waals surface area contributed by atoms with Gasteiger partial charge in [-0.3, -0.25) is 14.9 Å². The van der Waals surface area contributed by atoms with Crippen molar-refractivity contribution in [1.82, 2.24) is 15.5 Å². The molecule has 5 heteroatoms. The summed E-state index contributed by atoms with van der Waals surface area (Å²) in [5.41, 5.74) is 0. The van der Waals surface area contributed by atoms with E-state index in [1.54, 1.807) is 4.90 Å². The summed E-state index contributed by atoms with van der Waals surface area (Å²) < 4.78 is 0. The Balaban J connectivity index is 2.32. The zero-order chi connectivity index (χ0) is 12.0. The second kappa shape index (κ2) is 6.48. The Morgan fingerprint density at radius 1 is 1.50 bits per heavy atom. The van der Waals surface area contributed by atoms with Crippen molar-refractivity contribution in [2.75, 3.05) is 26.2 Å². The van der Waals surface area contributed by atoms with Crippen LogP contribution in [-0.2, 0) is 9.59 Å². The quantitative estimate of drug-likeness (QED) is 0.679. The minimum atomic E-state index is -0.201. The highest BCUT2D eigenvalue weighted by atomic mass is 16.2. The van der Waals surface area contributed by atoms with Crippen molar-refractivity contribution in [2.45, 2.75) is 32.7 Å². The Labute approximate surface area is 96.6 Å². The van der Waals surface area contributed by atoms with E-state index in [1.807, 2.05) is 13.8 Å². The Hall–Kier alpha value is -1.10. The topological polar surface area (TPSA) is 61.4 Å². The second-order valence-electron chi connectivity index (χ2n) is 3.93. The van der Waals surface area contributed by atoms with Crippen LogP contribution in [0.15, 0.2) is 0 Å². The fourth-order valence-corrected chi connectivity index (χ4v) is 1.87. The summed E-state index contributed by atoms with van der Waals surface area (Å²) in [5, 5.41) is 5.80. The van der Waals surface area contributed by atoms with Gasteiger partial charge in [-0.2, -0.15) is 0 Å². The normalized spacial score (nSPS) is 20.4. The number of nitrogens with zero attached hydrogens (tertiary/aromatic N) is 1. The molecule has 0 aromatic carbocycles. The van der Waals surface area contributed by atoms with Crippen molar-refractivity contribution in [1.29, 1.82) is 0 Å². The molecule has 1 atom stereocenters. The fourth-order valence-electron chi connectivity index (χ4n) is 1.87. The van der Waals surface area contributed by atoms with Crippen LogP contribution in [0.25, 0.3) is 0 Å².